The number of nitriles is 3. The summed E-state index contributed by atoms with van der Waals surface area (Å²) in [6.07, 6.45) is 0. The van der Waals surface area contributed by atoms with E-state index in [9.17, 15) is 15.8 Å². The molecule has 4 nitrogen and oxygen atoms in total. The maximum Gasteiger partial charge on any atom is 0.101 e. The highest BCUT2D eigenvalue weighted by Crippen LogP contribution is 2.73. The molecule has 0 atom stereocenters. The molecule has 0 saturated carbocycles. The summed E-state index contributed by atoms with van der Waals surface area (Å²) >= 11 is 0. The Morgan fingerprint density at radius 2 is 1.00 bits per heavy atom. The lowest BCUT2D eigenvalue weighted by Crippen LogP contribution is -2.05. The van der Waals surface area contributed by atoms with Crippen molar-refractivity contribution in [1.82, 2.24) is 4.57 Å². The molecule has 1 heterocycles. The molecule has 0 spiro atoms. The highest BCUT2D eigenvalue weighted by atomic mass is 32.3. The first-order chi connectivity index (χ1) is 24.7. The van der Waals surface area contributed by atoms with Crippen LogP contribution < -0.4 is 0 Å². The Hall–Kier alpha value is -6.84. The lowest BCUT2D eigenvalue weighted by atomic mass is 9.98. The van der Waals surface area contributed by atoms with Gasteiger partial charge in [-0.25, -0.2) is 0 Å². The molecule has 0 N–H and O–H groups in total. The van der Waals surface area contributed by atoms with Crippen LogP contribution in [0.1, 0.15) is 16.7 Å². The minimum atomic E-state index is -1.97. The van der Waals surface area contributed by atoms with Crippen LogP contribution in [0, 0.1) is 34.0 Å². The van der Waals surface area contributed by atoms with Crippen molar-refractivity contribution in [2.75, 3.05) is 0 Å². The number of rotatable bonds is 6. The predicted molar refractivity (Wildman–Crippen MR) is 200 cm³/mol. The lowest BCUT2D eigenvalue weighted by molar-refractivity contribution is 1.17. The number of para-hydroxylation sites is 1. The zero-order valence-corrected chi connectivity index (χ0v) is 27.7. The van der Waals surface area contributed by atoms with E-state index in [1.807, 2.05) is 84.9 Å². The first-order valence-electron chi connectivity index (χ1n) is 16.2. The van der Waals surface area contributed by atoms with Crippen LogP contribution >= 0.6 is 10.0 Å². The molecule has 0 aliphatic rings. The molecule has 5 heteroatoms. The number of nitrogens with zero attached hydrogens (tertiary/aromatic N) is 4. The van der Waals surface area contributed by atoms with E-state index in [0.29, 0.717) is 16.7 Å². The van der Waals surface area contributed by atoms with Crippen molar-refractivity contribution in [3.05, 3.63) is 187 Å². The summed E-state index contributed by atoms with van der Waals surface area (Å²) in [7, 11) is -1.97. The minimum Gasteiger partial charge on any atom is -0.308 e. The summed E-state index contributed by atoms with van der Waals surface area (Å²) < 4.78 is 2.08. The molecular formula is C45H28N4S. The van der Waals surface area contributed by atoms with Crippen molar-refractivity contribution in [2.24, 2.45) is 0 Å². The second kappa shape index (κ2) is 12.6. The molecule has 1 aromatic heterocycles. The van der Waals surface area contributed by atoms with Gasteiger partial charge in [-0.3, -0.25) is 0 Å². The lowest BCUT2D eigenvalue weighted by Gasteiger charge is -2.42. The van der Waals surface area contributed by atoms with Gasteiger partial charge in [-0.15, -0.1) is 10.0 Å². The predicted octanol–water partition coefficient (Wildman–Crippen LogP) is 11.4. The fourth-order valence-corrected chi connectivity index (χ4v) is 10.9. The second-order valence-corrected chi connectivity index (χ2v) is 15.0. The molecule has 0 radical (unpaired) electrons. The normalized spacial score (nSPS) is 11.5. The van der Waals surface area contributed by atoms with Crippen LogP contribution in [0.25, 0.3) is 38.6 Å². The fourth-order valence-electron chi connectivity index (χ4n) is 7.04. The van der Waals surface area contributed by atoms with Crippen LogP contribution in [-0.2, 0) is 0 Å². The van der Waals surface area contributed by atoms with Gasteiger partial charge in [-0.2, -0.15) is 15.8 Å². The van der Waals surface area contributed by atoms with Crippen LogP contribution in [-0.4, -0.2) is 4.57 Å². The van der Waals surface area contributed by atoms with Gasteiger partial charge in [-0.05, 0) is 96.1 Å². The molecule has 0 amide bonds. The maximum absolute atomic E-state index is 10.7. The maximum atomic E-state index is 10.7. The van der Waals surface area contributed by atoms with E-state index in [2.05, 4.69) is 102 Å². The molecule has 8 rings (SSSR count). The Balaban J connectivity index is 1.32. The van der Waals surface area contributed by atoms with Crippen molar-refractivity contribution in [3.63, 3.8) is 0 Å². The zero-order valence-electron chi connectivity index (χ0n) is 26.9. The molecule has 0 unspecified atom stereocenters. The quantitative estimate of drug-likeness (QED) is 0.179. The fraction of sp³-hybridized carbons (Fsp3) is 0. The highest BCUT2D eigenvalue weighted by Gasteiger charge is 2.33. The van der Waals surface area contributed by atoms with E-state index >= 15 is 0 Å². The number of aromatic nitrogens is 1. The molecule has 8 aromatic rings. The third kappa shape index (κ3) is 4.84. The van der Waals surface area contributed by atoms with Gasteiger partial charge in [0.15, 0.2) is 0 Å². The van der Waals surface area contributed by atoms with Crippen LogP contribution in [0.5, 0.6) is 0 Å². The largest absolute Gasteiger partial charge is 0.308 e. The molecular weight excluding hydrogens is 629 g/mol. The Labute approximate surface area is 292 Å². The van der Waals surface area contributed by atoms with Crippen LogP contribution in [0.2, 0.25) is 0 Å². The molecule has 234 valence electrons. The number of benzene rings is 7. The standard InChI is InChI=1S/C45H28N4S/c46-29-32-20-24-45-42(26-32)41-18-10-11-19-44(41)49(45)43-25-21-33(27-35(43)31-48)40-23-22-39(28-34(40)30-47)50(36-12-4-1-5-13-36,37-14-6-2-7-15-37)38-16-8-3-9-17-38/h1-28H. The summed E-state index contributed by atoms with van der Waals surface area (Å²) in [6.45, 7) is 0. The molecule has 7 aromatic carbocycles. The van der Waals surface area contributed by atoms with Crippen LogP contribution in [0.3, 0.4) is 0 Å². The Bertz CT molecular complexity index is 2580. The third-order valence-electron chi connectivity index (χ3n) is 9.23. The number of hydrogen-bond donors (Lipinski definition) is 0. The van der Waals surface area contributed by atoms with E-state index in [0.717, 1.165) is 43.5 Å². The topological polar surface area (TPSA) is 76.3 Å². The van der Waals surface area contributed by atoms with Gasteiger partial charge < -0.3 is 4.57 Å². The second-order valence-electron chi connectivity index (χ2n) is 11.9. The first kappa shape index (κ1) is 30.5. The minimum absolute atomic E-state index is 0.486. The monoisotopic (exact) mass is 656 g/mol. The first-order valence-corrected chi connectivity index (χ1v) is 17.8. The number of fused-ring (bicyclic) bond motifs is 3. The van der Waals surface area contributed by atoms with Crippen molar-refractivity contribution in [1.29, 1.82) is 15.8 Å². The van der Waals surface area contributed by atoms with Gasteiger partial charge in [0, 0.05) is 30.4 Å². The Morgan fingerprint density at radius 1 is 0.420 bits per heavy atom. The summed E-state index contributed by atoms with van der Waals surface area (Å²) in [4.78, 5) is 4.59. The van der Waals surface area contributed by atoms with E-state index < -0.39 is 10.0 Å². The summed E-state index contributed by atoms with van der Waals surface area (Å²) in [5, 5.41) is 32.7. The zero-order chi connectivity index (χ0) is 34.1. The third-order valence-corrected chi connectivity index (χ3v) is 13.1. The van der Waals surface area contributed by atoms with Gasteiger partial charge in [0.25, 0.3) is 0 Å². The van der Waals surface area contributed by atoms with Crippen molar-refractivity contribution < 1.29 is 0 Å². The highest BCUT2D eigenvalue weighted by molar-refractivity contribution is 8.34. The average molecular weight is 657 g/mol. The molecule has 0 saturated heterocycles. The van der Waals surface area contributed by atoms with Crippen LogP contribution in [0.4, 0.5) is 0 Å². The Morgan fingerprint density at radius 3 is 1.60 bits per heavy atom. The van der Waals surface area contributed by atoms with E-state index in [1.165, 1.54) is 14.7 Å². The van der Waals surface area contributed by atoms with Gasteiger partial charge in [0.05, 0.1) is 45.5 Å². The molecule has 0 aliphatic heterocycles. The molecule has 0 aliphatic carbocycles. The smallest absolute Gasteiger partial charge is 0.101 e. The van der Waals surface area contributed by atoms with E-state index in [4.69, 9.17) is 0 Å². The average Bonchev–Trinajstić information content (AvgIpc) is 3.52. The van der Waals surface area contributed by atoms with Crippen molar-refractivity contribution in [3.8, 4) is 35.0 Å². The summed E-state index contributed by atoms with van der Waals surface area (Å²) in [5.74, 6) is 0. The molecule has 50 heavy (non-hydrogen) atoms. The van der Waals surface area contributed by atoms with Crippen molar-refractivity contribution in [2.45, 2.75) is 19.6 Å². The Kier molecular flexibility index (Phi) is 7.71. The van der Waals surface area contributed by atoms with Crippen LogP contribution in [0.15, 0.2) is 189 Å². The van der Waals surface area contributed by atoms with Gasteiger partial charge in [0.1, 0.15) is 6.07 Å². The van der Waals surface area contributed by atoms with Gasteiger partial charge in [-0.1, -0.05) is 84.9 Å². The molecule has 0 fully saturated rings. The van der Waals surface area contributed by atoms with Gasteiger partial charge in [0.2, 0.25) is 0 Å². The number of hydrogen-bond acceptors (Lipinski definition) is 3. The molecule has 0 bridgehead atoms. The van der Waals surface area contributed by atoms with E-state index in [1.54, 1.807) is 6.07 Å². The van der Waals surface area contributed by atoms with E-state index in [-0.39, 0.29) is 0 Å². The summed E-state index contributed by atoms with van der Waals surface area (Å²) in [5.41, 5.74) is 5.78. The van der Waals surface area contributed by atoms with Crippen molar-refractivity contribution >= 4 is 31.8 Å². The summed E-state index contributed by atoms with van der Waals surface area (Å²) in [6, 6.07) is 64.6. The van der Waals surface area contributed by atoms with Gasteiger partial charge >= 0.3 is 0 Å². The SMILES string of the molecule is N#Cc1ccc2c(c1)c1ccccc1n2-c1ccc(-c2ccc(S(c3ccccc3)(c3ccccc3)c3ccccc3)cc2C#N)cc1C#N.